The number of nitrogens with zero attached hydrogens (tertiary/aromatic N) is 6. The van der Waals surface area contributed by atoms with Gasteiger partial charge in [0.15, 0.2) is 5.82 Å². The molecule has 16 nitrogen and oxygen atoms in total. The van der Waals surface area contributed by atoms with Crippen LogP contribution in [0.2, 0.25) is 0 Å². The first kappa shape index (κ1) is 38.8. The second-order valence-electron chi connectivity index (χ2n) is 14.7. The van der Waals surface area contributed by atoms with Gasteiger partial charge in [0.05, 0.1) is 24.5 Å². The van der Waals surface area contributed by atoms with Gasteiger partial charge in [-0.1, -0.05) is 25.0 Å². The lowest BCUT2D eigenvalue weighted by Gasteiger charge is -2.29. The lowest BCUT2D eigenvalue weighted by molar-refractivity contribution is -0.137. The van der Waals surface area contributed by atoms with Crippen molar-refractivity contribution < 1.29 is 39.2 Å². The van der Waals surface area contributed by atoms with E-state index in [9.17, 15) is 34.5 Å². The maximum atomic E-state index is 13.1. The number of phenols is 2. The highest BCUT2D eigenvalue weighted by Gasteiger charge is 2.39. The van der Waals surface area contributed by atoms with Gasteiger partial charge in [0.25, 0.3) is 5.91 Å². The molecule has 1 atom stereocenters. The molecule has 0 aliphatic carbocycles. The van der Waals surface area contributed by atoms with E-state index in [4.69, 9.17) is 4.74 Å². The monoisotopic (exact) mass is 778 g/mol. The molecule has 0 bridgehead atoms. The van der Waals surface area contributed by atoms with Crippen LogP contribution in [-0.2, 0) is 32.2 Å². The number of rotatable bonds is 15. The zero-order valence-electron chi connectivity index (χ0n) is 32.1. The smallest absolute Gasteiger partial charge is 0.319 e. The molecule has 2 aliphatic rings. The summed E-state index contributed by atoms with van der Waals surface area (Å²) >= 11 is 0. The number of amides is 4. The number of benzene rings is 3. The molecule has 3 aromatic carbocycles. The Hall–Kier alpha value is -6.42. The summed E-state index contributed by atoms with van der Waals surface area (Å²) in [7, 11) is 1.75. The average molecular weight is 779 g/mol. The number of likely N-dealkylation sites (N-methyl/N-ethyl adjacent to an activating group) is 1. The molecule has 0 spiro atoms. The fourth-order valence-electron chi connectivity index (χ4n) is 7.44. The predicted octanol–water partition coefficient (Wildman–Crippen LogP) is 4.26. The van der Waals surface area contributed by atoms with E-state index in [2.05, 4.69) is 25.4 Å². The van der Waals surface area contributed by atoms with E-state index in [1.54, 1.807) is 30.1 Å². The number of imide groups is 1. The number of carbonyl (C=O) groups is 4. The molecule has 4 heterocycles. The standard InChI is InChI=1S/C41H46N8O8/c1-24(2)28-21-29(35(51)22-34(28)50)38-44-45-41(56)49(38)26-9-10-32-25(20-26)13-15-47(32)17-19-57-18-16-46(3)37(53)8-5-14-42-31-7-4-6-27-30(31)23-48(40(27)55)33-11-12-36(52)43-39(33)54/h4,6-7,9-10,13,15,20-22,24,33,42,50-51H,5,8,11-12,14,16-19,23H2,1-3H3,(H,45,56)(H,43,52,54). The molecule has 298 valence electrons. The third kappa shape index (κ3) is 7.98. The number of nitrogens with one attached hydrogen (secondary N) is 2. The van der Waals surface area contributed by atoms with Crippen LogP contribution in [0.1, 0.15) is 66.9 Å². The fourth-order valence-corrected chi connectivity index (χ4v) is 7.44. The number of piperidine rings is 1. The molecule has 1 fully saturated rings. The number of carbonyl (C=O) groups excluding carboxylic acids is 4. The van der Waals surface area contributed by atoms with Crippen molar-refractivity contribution in [1.29, 1.82) is 0 Å². The molecule has 57 heavy (non-hydrogen) atoms. The quantitative estimate of drug-likeness (QED) is 0.0751. The zero-order chi connectivity index (χ0) is 40.4. The minimum absolute atomic E-state index is 0.00613. The summed E-state index contributed by atoms with van der Waals surface area (Å²) in [5, 5.41) is 46.2. The summed E-state index contributed by atoms with van der Waals surface area (Å²) in [6.45, 7) is 6.47. The number of hydrogen-bond donors (Lipinski definition) is 5. The van der Waals surface area contributed by atoms with Crippen LogP contribution in [0.3, 0.4) is 0 Å². The summed E-state index contributed by atoms with van der Waals surface area (Å²) in [5.41, 5.74) is 4.63. The summed E-state index contributed by atoms with van der Waals surface area (Å²) in [6.07, 6.45) is 3.37. The van der Waals surface area contributed by atoms with Crippen molar-refractivity contribution in [3.05, 3.63) is 77.5 Å². The summed E-state index contributed by atoms with van der Waals surface area (Å²) in [6, 6.07) is 14.9. The molecular weight excluding hydrogens is 732 g/mol. The highest BCUT2D eigenvalue weighted by molar-refractivity contribution is 6.06. The van der Waals surface area contributed by atoms with Gasteiger partial charge < -0.3 is 39.7 Å². The molecule has 1 saturated heterocycles. The first-order valence-corrected chi connectivity index (χ1v) is 19.0. The molecular formula is C41H46N8O8. The maximum Gasteiger partial charge on any atom is 0.319 e. The van der Waals surface area contributed by atoms with Gasteiger partial charge in [-0.05, 0) is 66.8 Å². The van der Waals surface area contributed by atoms with Gasteiger partial charge in [-0.25, -0.2) is 4.57 Å². The van der Waals surface area contributed by atoms with Gasteiger partial charge in [-0.15, -0.1) is 5.10 Å². The number of ether oxygens (including phenoxy) is 1. The lowest BCUT2D eigenvalue weighted by Crippen LogP contribution is -2.52. The van der Waals surface area contributed by atoms with Crippen molar-refractivity contribution in [2.24, 2.45) is 0 Å². The van der Waals surface area contributed by atoms with E-state index in [0.717, 1.165) is 22.2 Å². The van der Waals surface area contributed by atoms with Crippen LogP contribution in [0.15, 0.2) is 60.8 Å². The third-order valence-electron chi connectivity index (χ3n) is 10.6. The van der Waals surface area contributed by atoms with Crippen LogP contribution in [0, 0.1) is 0 Å². The van der Waals surface area contributed by atoms with Crippen LogP contribution >= 0.6 is 0 Å². The first-order valence-electron chi connectivity index (χ1n) is 19.0. The molecule has 5 N–H and O–H groups in total. The van der Waals surface area contributed by atoms with Crippen molar-refractivity contribution in [2.45, 2.75) is 64.6 Å². The van der Waals surface area contributed by atoms with Gasteiger partial charge in [-0.2, -0.15) is 0 Å². The largest absolute Gasteiger partial charge is 0.508 e. The molecule has 0 saturated carbocycles. The van der Waals surface area contributed by atoms with Crippen molar-refractivity contribution in [3.63, 3.8) is 0 Å². The molecule has 16 heteroatoms. The fraction of sp³-hybridized carbons (Fsp3) is 0.366. The van der Waals surface area contributed by atoms with Gasteiger partial charge in [0.2, 0.25) is 17.7 Å². The number of phenolic OH excluding ortho intramolecular Hbond substituents is 2. The Labute approximate surface area is 328 Å². The third-order valence-corrected chi connectivity index (χ3v) is 10.6. The van der Waals surface area contributed by atoms with E-state index in [0.29, 0.717) is 74.5 Å². The summed E-state index contributed by atoms with van der Waals surface area (Å²) in [4.78, 5) is 53.1. The van der Waals surface area contributed by atoms with Crippen molar-refractivity contribution in [1.82, 2.24) is 34.4 Å². The van der Waals surface area contributed by atoms with Crippen LogP contribution in [0.25, 0.3) is 28.0 Å². The molecule has 1 unspecified atom stereocenters. The van der Waals surface area contributed by atoms with Gasteiger partial charge in [-0.3, -0.25) is 24.5 Å². The Morgan fingerprint density at radius 3 is 2.63 bits per heavy atom. The van der Waals surface area contributed by atoms with Crippen molar-refractivity contribution in [3.8, 4) is 34.6 Å². The van der Waals surface area contributed by atoms with E-state index < -0.39 is 11.9 Å². The van der Waals surface area contributed by atoms with Crippen LogP contribution in [0.4, 0.5) is 5.69 Å². The lowest BCUT2D eigenvalue weighted by atomic mass is 9.98. The van der Waals surface area contributed by atoms with E-state index in [1.807, 2.05) is 50.4 Å². The maximum absolute atomic E-state index is 13.1. The normalized spacial score (nSPS) is 15.4. The SMILES string of the molecule is CC(C)c1cc(-c2nnc(O)n2-c2ccc3c(ccn3CCOCCN(C)C(=O)CCCNc3cccc4c3CN(C3CCC(=O)NC3=O)C4=O)c2)c(O)cc1O. The Balaban J connectivity index is 0.861. The second kappa shape index (κ2) is 16.4. The Morgan fingerprint density at radius 1 is 1.02 bits per heavy atom. The number of aromatic hydroxyl groups is 3. The van der Waals surface area contributed by atoms with Crippen LogP contribution < -0.4 is 10.6 Å². The van der Waals surface area contributed by atoms with Gasteiger partial charge in [0.1, 0.15) is 17.5 Å². The number of anilines is 1. The first-order chi connectivity index (χ1) is 27.4. The minimum atomic E-state index is -0.677. The Kier molecular flexibility index (Phi) is 11.1. The Bertz CT molecular complexity index is 2350. The Morgan fingerprint density at radius 2 is 1.84 bits per heavy atom. The second-order valence-corrected chi connectivity index (χ2v) is 14.7. The van der Waals surface area contributed by atoms with E-state index in [1.165, 1.54) is 15.5 Å². The van der Waals surface area contributed by atoms with Gasteiger partial charge in [0, 0.05) is 86.0 Å². The zero-order valence-corrected chi connectivity index (χ0v) is 32.1. The molecule has 2 aliphatic heterocycles. The summed E-state index contributed by atoms with van der Waals surface area (Å²) in [5.74, 6) is -0.991. The minimum Gasteiger partial charge on any atom is -0.508 e. The average Bonchev–Trinajstić information content (AvgIpc) is 3.87. The molecule has 2 aromatic heterocycles. The number of fused-ring (bicyclic) bond motifs is 2. The van der Waals surface area contributed by atoms with Crippen LogP contribution in [-0.4, -0.2) is 107 Å². The van der Waals surface area contributed by atoms with Gasteiger partial charge >= 0.3 is 6.01 Å². The van der Waals surface area contributed by atoms with Crippen molar-refractivity contribution >= 4 is 40.2 Å². The highest BCUT2D eigenvalue weighted by atomic mass is 16.5. The predicted molar refractivity (Wildman–Crippen MR) is 210 cm³/mol. The number of aromatic nitrogens is 4. The molecule has 5 aromatic rings. The van der Waals surface area contributed by atoms with Crippen LogP contribution in [0.5, 0.6) is 17.5 Å². The molecule has 0 radical (unpaired) electrons. The molecule has 7 rings (SSSR count). The summed E-state index contributed by atoms with van der Waals surface area (Å²) < 4.78 is 9.39. The van der Waals surface area contributed by atoms with E-state index in [-0.39, 0.29) is 59.9 Å². The number of hydrogen-bond acceptors (Lipinski definition) is 11. The van der Waals surface area contributed by atoms with Crippen molar-refractivity contribution in [2.75, 3.05) is 38.7 Å². The topological polar surface area (TPSA) is 204 Å². The van der Waals surface area contributed by atoms with E-state index >= 15 is 0 Å². The highest BCUT2D eigenvalue weighted by Crippen LogP contribution is 2.39. The molecule has 4 amide bonds.